The number of hydrogen-bond donors (Lipinski definition) is 1. The minimum Gasteiger partial charge on any atom is -0.481 e. The van der Waals surface area contributed by atoms with Gasteiger partial charge >= 0.3 is 5.97 Å². The third-order valence-corrected chi connectivity index (χ3v) is 4.52. The lowest BCUT2D eigenvalue weighted by Crippen LogP contribution is -1.97. The van der Waals surface area contributed by atoms with Gasteiger partial charge in [0.25, 0.3) is 0 Å². The summed E-state index contributed by atoms with van der Waals surface area (Å²) in [5, 5.41) is 13.2. The molecule has 3 rings (SSSR count). The Hall–Kier alpha value is -2.20. The molecule has 1 heterocycles. The van der Waals surface area contributed by atoms with Crippen LogP contribution in [0.25, 0.3) is 17.2 Å². The highest BCUT2D eigenvalue weighted by atomic mass is 32.1. The molecule has 4 heteroatoms. The van der Waals surface area contributed by atoms with E-state index in [0.29, 0.717) is 5.56 Å². The number of rotatable bonds is 4. The molecule has 2 nitrogen and oxygen atoms in total. The van der Waals surface area contributed by atoms with Crippen molar-refractivity contribution >= 4 is 34.5 Å². The molecule has 0 saturated heterocycles. The first kappa shape index (κ1) is 14.7. The zero-order valence-corrected chi connectivity index (χ0v) is 12.9. The van der Waals surface area contributed by atoms with Crippen LogP contribution in [0.3, 0.4) is 0 Å². The summed E-state index contributed by atoms with van der Waals surface area (Å²) < 4.78 is 13.6. The van der Waals surface area contributed by atoms with Gasteiger partial charge in [0.15, 0.2) is 0 Å². The first-order valence-corrected chi connectivity index (χ1v) is 8.02. The summed E-state index contributed by atoms with van der Waals surface area (Å²) in [7, 11) is 0. The molecular weight excluding hydrogens is 299 g/mol. The van der Waals surface area contributed by atoms with E-state index in [0.717, 1.165) is 34.3 Å². The summed E-state index contributed by atoms with van der Waals surface area (Å²) in [6, 6.07) is 6.63. The SMILES string of the molecule is CCC1=C(CC(=O)O)c2cc(F)ccc2/C1=C\c1ccsc1. The van der Waals surface area contributed by atoms with Crippen molar-refractivity contribution in [1.29, 1.82) is 0 Å². The van der Waals surface area contributed by atoms with Crippen molar-refractivity contribution in [3.05, 3.63) is 63.1 Å². The number of benzene rings is 1. The third kappa shape index (κ3) is 2.62. The Morgan fingerprint density at radius 3 is 2.73 bits per heavy atom. The number of carboxylic acid groups (broad SMARTS) is 1. The smallest absolute Gasteiger partial charge is 0.307 e. The van der Waals surface area contributed by atoms with Gasteiger partial charge in [-0.05, 0) is 74.9 Å². The number of allylic oxidation sites excluding steroid dienone is 2. The van der Waals surface area contributed by atoms with Crippen molar-refractivity contribution in [2.45, 2.75) is 19.8 Å². The molecule has 112 valence electrons. The Labute approximate surface area is 132 Å². The van der Waals surface area contributed by atoms with Gasteiger partial charge in [-0.1, -0.05) is 13.0 Å². The first-order chi connectivity index (χ1) is 10.6. The zero-order chi connectivity index (χ0) is 15.7. The molecule has 0 spiro atoms. The Morgan fingerprint density at radius 1 is 1.27 bits per heavy atom. The lowest BCUT2D eigenvalue weighted by atomic mass is 9.99. The molecule has 1 aromatic heterocycles. The molecule has 0 saturated carbocycles. The lowest BCUT2D eigenvalue weighted by Gasteiger charge is -2.05. The predicted octanol–water partition coefficient (Wildman–Crippen LogP) is 5.08. The molecule has 0 atom stereocenters. The van der Waals surface area contributed by atoms with Crippen LogP contribution >= 0.6 is 11.3 Å². The van der Waals surface area contributed by atoms with Crippen LogP contribution in [0.1, 0.15) is 36.5 Å². The van der Waals surface area contributed by atoms with Gasteiger partial charge in [0, 0.05) is 0 Å². The summed E-state index contributed by atoms with van der Waals surface area (Å²) in [4.78, 5) is 11.2. The van der Waals surface area contributed by atoms with E-state index in [4.69, 9.17) is 0 Å². The fourth-order valence-corrected chi connectivity index (χ4v) is 3.55. The molecule has 0 bridgehead atoms. The van der Waals surface area contributed by atoms with Gasteiger partial charge < -0.3 is 5.11 Å². The van der Waals surface area contributed by atoms with Gasteiger partial charge in [0.05, 0.1) is 6.42 Å². The minimum absolute atomic E-state index is 0.0827. The fourth-order valence-electron chi connectivity index (χ4n) is 2.93. The predicted molar refractivity (Wildman–Crippen MR) is 88.1 cm³/mol. The van der Waals surface area contributed by atoms with Crippen LogP contribution in [0.4, 0.5) is 4.39 Å². The third-order valence-electron chi connectivity index (χ3n) is 3.82. The summed E-state index contributed by atoms with van der Waals surface area (Å²) in [6.07, 6.45) is 2.69. The van der Waals surface area contributed by atoms with Gasteiger partial charge in [-0.3, -0.25) is 4.79 Å². The van der Waals surface area contributed by atoms with Crippen molar-refractivity contribution in [1.82, 2.24) is 0 Å². The van der Waals surface area contributed by atoms with E-state index in [9.17, 15) is 14.3 Å². The van der Waals surface area contributed by atoms with E-state index in [1.165, 1.54) is 12.1 Å². The molecule has 0 radical (unpaired) electrons. The summed E-state index contributed by atoms with van der Waals surface area (Å²) in [6.45, 7) is 2.00. The molecule has 1 aromatic carbocycles. The standard InChI is InChI=1S/C18H15FO2S/c1-2-13-15(7-11-5-6-22-10-11)14-4-3-12(19)8-16(14)17(13)9-18(20)21/h3-8,10H,2,9H2,1H3,(H,20,21)/b15-7-. The highest BCUT2D eigenvalue weighted by Gasteiger charge is 2.27. The largest absolute Gasteiger partial charge is 0.481 e. The maximum Gasteiger partial charge on any atom is 0.307 e. The Balaban J connectivity index is 2.21. The molecular formula is C18H15FO2S. The Kier molecular flexibility index (Phi) is 3.94. The number of fused-ring (bicyclic) bond motifs is 1. The van der Waals surface area contributed by atoms with Crippen molar-refractivity contribution in [2.24, 2.45) is 0 Å². The molecule has 2 aromatic rings. The van der Waals surface area contributed by atoms with Gasteiger partial charge in [-0.2, -0.15) is 11.3 Å². The maximum absolute atomic E-state index is 13.6. The maximum atomic E-state index is 13.6. The van der Waals surface area contributed by atoms with Gasteiger partial charge in [-0.25, -0.2) is 4.39 Å². The average molecular weight is 314 g/mol. The van der Waals surface area contributed by atoms with Crippen LogP contribution < -0.4 is 0 Å². The highest BCUT2D eigenvalue weighted by Crippen LogP contribution is 2.45. The molecule has 22 heavy (non-hydrogen) atoms. The van der Waals surface area contributed by atoms with Crippen molar-refractivity contribution in [3.63, 3.8) is 0 Å². The van der Waals surface area contributed by atoms with Crippen LogP contribution in [-0.4, -0.2) is 11.1 Å². The number of thiophene rings is 1. The molecule has 0 unspecified atom stereocenters. The topological polar surface area (TPSA) is 37.3 Å². The van der Waals surface area contributed by atoms with E-state index in [-0.39, 0.29) is 12.2 Å². The van der Waals surface area contributed by atoms with Crippen LogP contribution in [-0.2, 0) is 4.79 Å². The van der Waals surface area contributed by atoms with E-state index in [1.54, 1.807) is 17.4 Å². The summed E-state index contributed by atoms with van der Waals surface area (Å²) in [5.41, 5.74) is 5.44. The molecule has 1 aliphatic rings. The monoisotopic (exact) mass is 314 g/mol. The van der Waals surface area contributed by atoms with Gasteiger partial charge in [0.2, 0.25) is 0 Å². The fraction of sp³-hybridized carbons (Fsp3) is 0.167. The van der Waals surface area contributed by atoms with Crippen LogP contribution in [0.15, 0.2) is 40.6 Å². The summed E-state index contributed by atoms with van der Waals surface area (Å²) in [5.74, 6) is -1.23. The van der Waals surface area contributed by atoms with E-state index >= 15 is 0 Å². The van der Waals surface area contributed by atoms with Gasteiger partial charge in [-0.15, -0.1) is 0 Å². The Bertz CT molecular complexity index is 785. The second-order valence-electron chi connectivity index (χ2n) is 5.19. The summed E-state index contributed by atoms with van der Waals surface area (Å²) >= 11 is 1.61. The van der Waals surface area contributed by atoms with Crippen molar-refractivity contribution in [3.8, 4) is 0 Å². The second kappa shape index (κ2) is 5.89. The van der Waals surface area contributed by atoms with E-state index < -0.39 is 5.97 Å². The first-order valence-electron chi connectivity index (χ1n) is 7.08. The van der Waals surface area contributed by atoms with Crippen molar-refractivity contribution in [2.75, 3.05) is 0 Å². The normalized spacial score (nSPS) is 15.5. The quantitative estimate of drug-likeness (QED) is 0.854. The molecule has 1 aliphatic carbocycles. The van der Waals surface area contributed by atoms with E-state index in [2.05, 4.69) is 6.08 Å². The Morgan fingerprint density at radius 2 is 2.09 bits per heavy atom. The van der Waals surface area contributed by atoms with Crippen molar-refractivity contribution < 1.29 is 14.3 Å². The average Bonchev–Trinajstić information content (AvgIpc) is 3.07. The van der Waals surface area contributed by atoms with Crippen LogP contribution in [0, 0.1) is 5.82 Å². The zero-order valence-electron chi connectivity index (χ0n) is 12.1. The number of carboxylic acids is 1. The minimum atomic E-state index is -0.895. The molecule has 0 fully saturated rings. The van der Waals surface area contributed by atoms with Gasteiger partial charge in [0.1, 0.15) is 5.82 Å². The van der Waals surface area contributed by atoms with E-state index in [1.807, 2.05) is 23.8 Å². The number of halogens is 1. The number of aliphatic carboxylic acids is 1. The van der Waals surface area contributed by atoms with Crippen LogP contribution in [0.5, 0.6) is 0 Å². The number of carbonyl (C=O) groups is 1. The second-order valence-corrected chi connectivity index (χ2v) is 5.97. The lowest BCUT2D eigenvalue weighted by molar-refractivity contribution is -0.135. The molecule has 1 N–H and O–H groups in total. The number of hydrogen-bond acceptors (Lipinski definition) is 2. The molecule has 0 aliphatic heterocycles. The van der Waals surface area contributed by atoms with Crippen LogP contribution in [0.2, 0.25) is 0 Å². The molecule has 0 amide bonds. The highest BCUT2D eigenvalue weighted by molar-refractivity contribution is 7.08.